The molecule has 1 aliphatic heterocycles. The van der Waals surface area contributed by atoms with Gasteiger partial charge in [0, 0.05) is 3.58 Å². The highest BCUT2D eigenvalue weighted by Gasteiger charge is 2.41. The number of hydroxylamine groups is 1. The molecule has 1 unspecified atom stereocenters. The smallest absolute Gasteiger partial charge is 0.250 e. The highest BCUT2D eigenvalue weighted by molar-refractivity contribution is 14.1. The minimum atomic E-state index is -3.76. The van der Waals surface area contributed by atoms with Gasteiger partial charge in [-0.1, -0.05) is 38.1 Å². The van der Waals surface area contributed by atoms with Crippen molar-refractivity contribution in [3.63, 3.8) is 0 Å². The molecule has 2 rings (SSSR count). The molecule has 1 atom stereocenters. The van der Waals surface area contributed by atoms with Gasteiger partial charge in [-0.25, -0.2) is 4.84 Å². The summed E-state index contributed by atoms with van der Waals surface area (Å²) in [6.07, 6.45) is -0.271. The lowest BCUT2D eigenvalue weighted by Crippen LogP contribution is -2.30. The van der Waals surface area contributed by atoms with E-state index in [1.807, 2.05) is 20.8 Å². The lowest BCUT2D eigenvalue weighted by molar-refractivity contribution is -0.0826. The third-order valence-corrected chi connectivity index (χ3v) is 6.11. The minimum absolute atomic E-state index is 0.166. The summed E-state index contributed by atoms with van der Waals surface area (Å²) >= 11 is 2.15. The van der Waals surface area contributed by atoms with Crippen molar-refractivity contribution >= 4 is 32.6 Å². The Hall–Kier alpha value is -0.860. The van der Waals surface area contributed by atoms with Gasteiger partial charge in [-0.15, -0.1) is 4.47 Å². The fraction of sp³-hybridized carbons (Fsp3) is 0.375. The van der Waals surface area contributed by atoms with E-state index in [2.05, 4.69) is 29.2 Å². The lowest BCUT2D eigenvalue weighted by atomic mass is 10.1. The molecular formula is C16H20INO3S. The van der Waals surface area contributed by atoms with Gasteiger partial charge in [0.05, 0.1) is 10.6 Å². The molecule has 6 heteroatoms. The van der Waals surface area contributed by atoms with Crippen molar-refractivity contribution in [2.24, 2.45) is 5.92 Å². The van der Waals surface area contributed by atoms with Crippen LogP contribution in [0.5, 0.6) is 0 Å². The van der Waals surface area contributed by atoms with Crippen molar-refractivity contribution in [1.82, 2.24) is 4.47 Å². The molecule has 0 amide bonds. The van der Waals surface area contributed by atoms with Gasteiger partial charge in [-0.2, -0.15) is 8.42 Å². The predicted octanol–water partition coefficient (Wildman–Crippen LogP) is 4.18. The number of aryl methyl sites for hydroxylation is 1. The molecule has 0 N–H and O–H groups in total. The number of sulfonamides is 1. The summed E-state index contributed by atoms with van der Waals surface area (Å²) in [5.74, 6) is 0.166. The molecule has 0 bridgehead atoms. The van der Waals surface area contributed by atoms with E-state index < -0.39 is 10.0 Å². The number of halogens is 1. The standard InChI is InChI=1S/C16H20INO3S/c1-10(2)15-14(17)16(11(3)4)21-18(15)22(19,20)13-8-6-12(5)7-9-13/h6-9,11,16H,1H2,2-5H3. The van der Waals surface area contributed by atoms with E-state index >= 15 is 0 Å². The van der Waals surface area contributed by atoms with Crippen LogP contribution in [0.15, 0.2) is 50.6 Å². The van der Waals surface area contributed by atoms with Crippen LogP contribution in [0.4, 0.5) is 0 Å². The van der Waals surface area contributed by atoms with Crippen molar-refractivity contribution in [2.75, 3.05) is 0 Å². The molecule has 1 heterocycles. The van der Waals surface area contributed by atoms with Crippen LogP contribution in [0, 0.1) is 12.8 Å². The fourth-order valence-electron chi connectivity index (χ4n) is 2.18. The molecule has 1 aromatic carbocycles. The Morgan fingerprint density at radius 1 is 1.32 bits per heavy atom. The van der Waals surface area contributed by atoms with Gasteiger partial charge >= 0.3 is 0 Å². The van der Waals surface area contributed by atoms with E-state index in [1.54, 1.807) is 31.2 Å². The third kappa shape index (κ3) is 3.09. The number of benzene rings is 1. The maximum absolute atomic E-state index is 12.9. The number of hydrogen-bond acceptors (Lipinski definition) is 3. The molecule has 0 fully saturated rings. The van der Waals surface area contributed by atoms with Gasteiger partial charge in [0.25, 0.3) is 10.0 Å². The lowest BCUT2D eigenvalue weighted by Gasteiger charge is -2.22. The Kier molecular flexibility index (Phi) is 5.03. The van der Waals surface area contributed by atoms with E-state index in [1.165, 1.54) is 0 Å². The summed E-state index contributed by atoms with van der Waals surface area (Å²) in [4.78, 5) is 5.97. The van der Waals surface area contributed by atoms with Crippen LogP contribution >= 0.6 is 22.6 Å². The Bertz CT molecular complexity index is 720. The van der Waals surface area contributed by atoms with Gasteiger partial charge in [0.1, 0.15) is 6.10 Å². The average Bonchev–Trinajstić information content (AvgIpc) is 2.77. The fourth-order valence-corrected chi connectivity index (χ4v) is 5.23. The molecule has 0 aromatic heterocycles. The second-order valence-electron chi connectivity index (χ2n) is 5.79. The van der Waals surface area contributed by atoms with Crippen molar-refractivity contribution < 1.29 is 13.3 Å². The second kappa shape index (κ2) is 6.33. The number of rotatable bonds is 4. The number of hydrogen-bond donors (Lipinski definition) is 0. The van der Waals surface area contributed by atoms with Crippen molar-refractivity contribution in [3.8, 4) is 0 Å². The van der Waals surface area contributed by atoms with E-state index in [0.717, 1.165) is 13.6 Å². The Labute approximate surface area is 146 Å². The van der Waals surface area contributed by atoms with E-state index in [0.29, 0.717) is 11.3 Å². The van der Waals surface area contributed by atoms with Gasteiger partial charge in [-0.05, 0) is 60.1 Å². The molecular weight excluding hydrogens is 413 g/mol. The number of nitrogens with zero attached hydrogens (tertiary/aromatic N) is 1. The molecule has 0 saturated heterocycles. The number of allylic oxidation sites excluding steroid dienone is 1. The summed E-state index contributed by atoms with van der Waals surface area (Å²) in [7, 11) is -3.76. The van der Waals surface area contributed by atoms with Crippen LogP contribution < -0.4 is 0 Å². The van der Waals surface area contributed by atoms with Crippen LogP contribution in [0.2, 0.25) is 0 Å². The summed E-state index contributed by atoms with van der Waals surface area (Å²) in [6, 6.07) is 6.75. The van der Waals surface area contributed by atoms with E-state index in [4.69, 9.17) is 4.84 Å². The molecule has 22 heavy (non-hydrogen) atoms. The average molecular weight is 433 g/mol. The van der Waals surface area contributed by atoms with Gasteiger partial charge in [-0.3, -0.25) is 0 Å². The molecule has 0 radical (unpaired) electrons. The molecule has 120 valence electrons. The summed E-state index contributed by atoms with van der Waals surface area (Å²) in [5.41, 5.74) is 2.22. The van der Waals surface area contributed by atoms with Crippen LogP contribution in [0.25, 0.3) is 0 Å². The maximum atomic E-state index is 12.9. The van der Waals surface area contributed by atoms with Crippen LogP contribution in [-0.2, 0) is 14.9 Å². The van der Waals surface area contributed by atoms with Crippen LogP contribution in [0.1, 0.15) is 26.3 Å². The topological polar surface area (TPSA) is 46.6 Å². The Balaban J connectivity index is 2.51. The summed E-state index contributed by atoms with van der Waals surface area (Å²) in [5, 5.41) is 0. The zero-order chi connectivity index (χ0) is 16.7. The maximum Gasteiger partial charge on any atom is 0.286 e. The SMILES string of the molecule is C=C(C)C1=C(I)C(C(C)C)ON1S(=O)(=O)c1ccc(C)cc1. The molecule has 0 spiro atoms. The third-order valence-electron chi connectivity index (χ3n) is 3.41. The monoisotopic (exact) mass is 433 g/mol. The quantitative estimate of drug-likeness (QED) is 0.670. The summed E-state index contributed by atoms with van der Waals surface area (Å²) < 4.78 is 27.7. The minimum Gasteiger partial charge on any atom is -0.250 e. The zero-order valence-electron chi connectivity index (χ0n) is 13.1. The highest BCUT2D eigenvalue weighted by Crippen LogP contribution is 2.40. The Morgan fingerprint density at radius 3 is 2.32 bits per heavy atom. The molecule has 4 nitrogen and oxygen atoms in total. The van der Waals surface area contributed by atoms with E-state index in [9.17, 15) is 8.42 Å². The van der Waals surface area contributed by atoms with Crippen molar-refractivity contribution in [3.05, 3.63) is 51.3 Å². The Morgan fingerprint density at radius 2 is 1.86 bits per heavy atom. The molecule has 1 aliphatic rings. The van der Waals surface area contributed by atoms with Crippen LogP contribution in [0.3, 0.4) is 0 Å². The van der Waals surface area contributed by atoms with Gasteiger partial charge < -0.3 is 0 Å². The molecule has 1 aromatic rings. The van der Waals surface area contributed by atoms with Crippen molar-refractivity contribution in [2.45, 2.75) is 38.7 Å². The first-order valence-corrected chi connectivity index (χ1v) is 9.52. The molecule has 0 aliphatic carbocycles. The predicted molar refractivity (Wildman–Crippen MR) is 95.8 cm³/mol. The van der Waals surface area contributed by atoms with Crippen LogP contribution in [-0.4, -0.2) is 19.0 Å². The largest absolute Gasteiger partial charge is 0.286 e. The van der Waals surface area contributed by atoms with Gasteiger partial charge in [0.2, 0.25) is 0 Å². The van der Waals surface area contributed by atoms with E-state index in [-0.39, 0.29) is 16.9 Å². The van der Waals surface area contributed by atoms with Crippen molar-refractivity contribution in [1.29, 1.82) is 0 Å². The zero-order valence-corrected chi connectivity index (χ0v) is 16.1. The first-order chi connectivity index (χ1) is 10.2. The first-order valence-electron chi connectivity index (χ1n) is 7.00. The molecule has 0 saturated carbocycles. The summed E-state index contributed by atoms with van der Waals surface area (Å²) in [6.45, 7) is 11.6. The highest BCUT2D eigenvalue weighted by atomic mass is 127. The normalized spacial score (nSPS) is 19.2. The first kappa shape index (κ1) is 17.5. The second-order valence-corrected chi connectivity index (χ2v) is 8.71. The van der Waals surface area contributed by atoms with Gasteiger partial charge in [0.15, 0.2) is 0 Å².